The molecule has 0 fully saturated rings. The van der Waals surface area contributed by atoms with Crippen molar-refractivity contribution in [3.8, 4) is 0 Å². The van der Waals surface area contributed by atoms with Crippen LogP contribution in [0.3, 0.4) is 0 Å². The van der Waals surface area contributed by atoms with Crippen LogP contribution >= 0.6 is 11.6 Å². The minimum absolute atomic E-state index is 0.117. The maximum atomic E-state index is 13.0. The van der Waals surface area contributed by atoms with Crippen molar-refractivity contribution in [3.05, 3.63) is 76.0 Å². The number of halogens is 1. The summed E-state index contributed by atoms with van der Waals surface area (Å²) >= 11 is 6.26. The second-order valence-corrected chi connectivity index (χ2v) is 7.56. The summed E-state index contributed by atoms with van der Waals surface area (Å²) in [5, 5.41) is 11.1. The number of ketones is 1. The van der Waals surface area contributed by atoms with Crippen LogP contribution in [-0.2, 0) is 9.59 Å². The van der Waals surface area contributed by atoms with E-state index in [0.29, 0.717) is 10.7 Å². The predicted octanol–water partition coefficient (Wildman–Crippen LogP) is 5.16. The molecule has 27 heavy (non-hydrogen) atoms. The molecule has 2 aromatic rings. The number of carbonyl (C=O) groups is 2. The van der Waals surface area contributed by atoms with E-state index in [1.165, 1.54) is 4.90 Å². The van der Waals surface area contributed by atoms with Crippen LogP contribution in [0.4, 0.5) is 5.69 Å². The summed E-state index contributed by atoms with van der Waals surface area (Å²) in [6.45, 7) is 5.68. The van der Waals surface area contributed by atoms with E-state index in [9.17, 15) is 14.7 Å². The molecule has 0 aliphatic carbocycles. The number of anilines is 1. The van der Waals surface area contributed by atoms with Gasteiger partial charge in [-0.3, -0.25) is 14.5 Å². The van der Waals surface area contributed by atoms with Gasteiger partial charge in [0.05, 0.1) is 11.6 Å². The summed E-state index contributed by atoms with van der Waals surface area (Å²) in [5.74, 6) is -1.16. The van der Waals surface area contributed by atoms with Crippen molar-refractivity contribution in [2.24, 2.45) is 5.92 Å². The summed E-state index contributed by atoms with van der Waals surface area (Å²) in [6.07, 6.45) is 0.262. The van der Waals surface area contributed by atoms with E-state index < -0.39 is 17.7 Å². The molecule has 0 spiro atoms. The van der Waals surface area contributed by atoms with E-state index in [1.54, 1.807) is 18.2 Å². The quantitative estimate of drug-likeness (QED) is 0.775. The molecular weight excluding hydrogens is 362 g/mol. The van der Waals surface area contributed by atoms with E-state index in [2.05, 4.69) is 0 Å². The van der Waals surface area contributed by atoms with Crippen molar-refractivity contribution >= 4 is 29.0 Å². The van der Waals surface area contributed by atoms with Crippen molar-refractivity contribution in [1.82, 2.24) is 0 Å². The van der Waals surface area contributed by atoms with Crippen LogP contribution in [0.5, 0.6) is 0 Å². The van der Waals surface area contributed by atoms with Gasteiger partial charge in [0.25, 0.3) is 5.91 Å². The molecule has 1 heterocycles. The Labute approximate surface area is 164 Å². The molecule has 0 saturated carbocycles. The lowest BCUT2D eigenvalue weighted by Gasteiger charge is -2.28. The number of rotatable bonds is 5. The largest absolute Gasteiger partial charge is 0.503 e. The summed E-state index contributed by atoms with van der Waals surface area (Å²) < 4.78 is 0. The van der Waals surface area contributed by atoms with Crippen molar-refractivity contribution in [2.75, 3.05) is 4.90 Å². The van der Waals surface area contributed by atoms with Gasteiger partial charge >= 0.3 is 0 Å². The Bertz CT molecular complexity index is 918. The molecule has 1 atom stereocenters. The van der Waals surface area contributed by atoms with E-state index in [4.69, 9.17) is 11.6 Å². The Balaban J connectivity index is 2.18. The Morgan fingerprint density at radius 1 is 1.15 bits per heavy atom. The first-order chi connectivity index (χ1) is 12.8. The highest BCUT2D eigenvalue weighted by atomic mass is 35.5. The first-order valence-electron chi connectivity index (χ1n) is 8.92. The van der Waals surface area contributed by atoms with Gasteiger partial charge in [-0.05, 0) is 36.1 Å². The van der Waals surface area contributed by atoms with Crippen LogP contribution in [0.2, 0.25) is 5.02 Å². The highest BCUT2D eigenvalue weighted by molar-refractivity contribution is 6.32. The molecule has 0 aromatic heterocycles. The third-order valence-corrected chi connectivity index (χ3v) is 5.13. The van der Waals surface area contributed by atoms with Gasteiger partial charge in [0.15, 0.2) is 11.5 Å². The van der Waals surface area contributed by atoms with Crippen LogP contribution in [-0.4, -0.2) is 16.8 Å². The van der Waals surface area contributed by atoms with Crippen molar-refractivity contribution < 1.29 is 14.7 Å². The molecule has 2 aromatic carbocycles. The van der Waals surface area contributed by atoms with E-state index >= 15 is 0 Å². The molecule has 4 nitrogen and oxygen atoms in total. The predicted molar refractivity (Wildman–Crippen MR) is 107 cm³/mol. The van der Waals surface area contributed by atoms with Gasteiger partial charge in [-0.2, -0.15) is 0 Å². The number of hydrogen-bond acceptors (Lipinski definition) is 3. The average molecular weight is 384 g/mol. The van der Waals surface area contributed by atoms with Crippen molar-refractivity contribution in [3.63, 3.8) is 0 Å². The molecular formula is C22H22ClNO3. The molecule has 3 rings (SSSR count). The molecule has 1 aliphatic rings. The number of aliphatic hydroxyl groups excluding tert-OH is 1. The van der Waals surface area contributed by atoms with Crippen LogP contribution in [0, 0.1) is 12.8 Å². The molecule has 140 valence electrons. The first-order valence-corrected chi connectivity index (χ1v) is 9.30. The SMILES string of the molecule is Cc1c(Cl)cccc1N1C(=O)C(O)=C(C(=O)CC(C)C)C1c1ccccc1. The van der Waals surface area contributed by atoms with Gasteiger partial charge in [-0.15, -0.1) is 0 Å². The second kappa shape index (κ2) is 7.57. The lowest BCUT2D eigenvalue weighted by molar-refractivity contribution is -0.118. The molecule has 1 N–H and O–H groups in total. The lowest BCUT2D eigenvalue weighted by Crippen LogP contribution is -2.31. The van der Waals surface area contributed by atoms with E-state index in [-0.39, 0.29) is 23.7 Å². The summed E-state index contributed by atoms with van der Waals surface area (Å²) in [5.41, 5.74) is 2.22. The number of nitrogens with zero attached hydrogens (tertiary/aromatic N) is 1. The van der Waals surface area contributed by atoms with Gasteiger partial charge in [0, 0.05) is 17.1 Å². The zero-order chi connectivity index (χ0) is 19.7. The molecule has 0 bridgehead atoms. The zero-order valence-electron chi connectivity index (χ0n) is 15.6. The minimum Gasteiger partial charge on any atom is -0.503 e. The molecule has 1 amide bonds. The van der Waals surface area contributed by atoms with Crippen molar-refractivity contribution in [1.29, 1.82) is 0 Å². The summed E-state index contributed by atoms with van der Waals surface area (Å²) in [7, 11) is 0. The normalized spacial score (nSPS) is 17.1. The topological polar surface area (TPSA) is 57.6 Å². The van der Waals surface area contributed by atoms with E-state index in [1.807, 2.05) is 51.1 Å². The van der Waals surface area contributed by atoms with Gasteiger partial charge in [-0.1, -0.05) is 61.8 Å². The maximum absolute atomic E-state index is 13.0. The third kappa shape index (κ3) is 3.50. The Morgan fingerprint density at radius 3 is 2.44 bits per heavy atom. The van der Waals surface area contributed by atoms with Crippen LogP contribution in [0.1, 0.15) is 37.4 Å². The lowest BCUT2D eigenvalue weighted by atomic mass is 9.92. The molecule has 1 unspecified atom stereocenters. The Hall–Kier alpha value is -2.59. The van der Waals surface area contributed by atoms with Crippen LogP contribution < -0.4 is 4.90 Å². The van der Waals surface area contributed by atoms with Crippen LogP contribution in [0.25, 0.3) is 0 Å². The van der Waals surface area contributed by atoms with Crippen LogP contribution in [0.15, 0.2) is 59.9 Å². The first kappa shape index (κ1) is 19.2. The number of hydrogen-bond donors (Lipinski definition) is 1. The highest BCUT2D eigenvalue weighted by Gasteiger charge is 2.44. The molecule has 5 heteroatoms. The third-order valence-electron chi connectivity index (χ3n) is 4.72. The zero-order valence-corrected chi connectivity index (χ0v) is 16.3. The standard InChI is InChI=1S/C22H22ClNO3/c1-13(2)12-18(25)19-20(15-8-5-4-6-9-15)24(22(27)21(19)26)17-11-7-10-16(23)14(17)3/h4-11,13,20,26H,12H2,1-3H3. The Kier molecular flexibility index (Phi) is 5.38. The molecule has 0 saturated heterocycles. The summed E-state index contributed by atoms with van der Waals surface area (Å²) in [4.78, 5) is 27.3. The summed E-state index contributed by atoms with van der Waals surface area (Å²) in [6, 6.07) is 13.9. The number of carbonyl (C=O) groups excluding carboxylic acids is 2. The van der Waals surface area contributed by atoms with Crippen molar-refractivity contribution in [2.45, 2.75) is 33.2 Å². The Morgan fingerprint density at radius 2 is 1.81 bits per heavy atom. The maximum Gasteiger partial charge on any atom is 0.294 e. The molecule has 1 aliphatic heterocycles. The average Bonchev–Trinajstić information content (AvgIpc) is 2.89. The number of amides is 1. The highest BCUT2D eigenvalue weighted by Crippen LogP contribution is 2.43. The fourth-order valence-electron chi connectivity index (χ4n) is 3.43. The second-order valence-electron chi connectivity index (χ2n) is 7.16. The smallest absolute Gasteiger partial charge is 0.294 e. The van der Waals surface area contributed by atoms with Gasteiger partial charge in [0.1, 0.15) is 0 Å². The fourth-order valence-corrected chi connectivity index (χ4v) is 3.60. The number of aliphatic hydroxyl groups is 1. The van der Waals surface area contributed by atoms with E-state index in [0.717, 1.165) is 11.1 Å². The fraction of sp³-hybridized carbons (Fsp3) is 0.273. The van der Waals surface area contributed by atoms with Gasteiger partial charge < -0.3 is 5.11 Å². The van der Waals surface area contributed by atoms with Gasteiger partial charge in [-0.25, -0.2) is 0 Å². The number of Topliss-reactive ketones (excluding diaryl/α,β-unsaturated/α-hetero) is 1. The van der Waals surface area contributed by atoms with Gasteiger partial charge in [0.2, 0.25) is 0 Å². The molecule has 0 radical (unpaired) electrons. The monoisotopic (exact) mass is 383 g/mol. The minimum atomic E-state index is -0.679. The number of benzene rings is 2.